The van der Waals surface area contributed by atoms with Gasteiger partial charge in [-0.25, -0.2) is 4.98 Å². The molecule has 3 nitrogen and oxygen atoms in total. The predicted molar refractivity (Wildman–Crippen MR) is 120 cm³/mol. The van der Waals surface area contributed by atoms with Gasteiger partial charge in [0.25, 0.3) is 0 Å². The molecule has 28 heavy (non-hydrogen) atoms. The Morgan fingerprint density at radius 2 is 1.50 bits per heavy atom. The average molecular weight is 376 g/mol. The van der Waals surface area contributed by atoms with Crippen molar-refractivity contribution < 1.29 is 0 Å². The molecule has 1 aliphatic rings. The summed E-state index contributed by atoms with van der Waals surface area (Å²) >= 11 is 0. The van der Waals surface area contributed by atoms with Crippen LogP contribution in [0.1, 0.15) is 83.7 Å². The third-order valence-electron chi connectivity index (χ3n) is 5.44. The quantitative estimate of drug-likeness (QED) is 0.550. The van der Waals surface area contributed by atoms with Crippen molar-refractivity contribution in [2.45, 2.75) is 78.2 Å². The summed E-state index contributed by atoms with van der Waals surface area (Å²) in [5.41, 5.74) is 6.17. The molecule has 1 aliphatic carbocycles. The highest BCUT2D eigenvalue weighted by Gasteiger charge is 2.17. The largest absolute Gasteiger partial charge is 0.284 e. The van der Waals surface area contributed by atoms with Gasteiger partial charge in [-0.15, -0.1) is 0 Å². The molecule has 1 saturated carbocycles. The number of benzene rings is 1. The van der Waals surface area contributed by atoms with E-state index in [1.54, 1.807) is 0 Å². The molecule has 1 fully saturated rings. The van der Waals surface area contributed by atoms with Crippen molar-refractivity contribution in [1.29, 1.82) is 0 Å². The molecule has 0 atom stereocenters. The van der Waals surface area contributed by atoms with Crippen molar-refractivity contribution in [2.24, 2.45) is 9.98 Å². The van der Waals surface area contributed by atoms with E-state index >= 15 is 0 Å². The summed E-state index contributed by atoms with van der Waals surface area (Å²) in [6.45, 7) is 10.8. The van der Waals surface area contributed by atoms with E-state index < -0.39 is 0 Å². The maximum absolute atomic E-state index is 4.95. The van der Waals surface area contributed by atoms with Crippen molar-refractivity contribution in [2.75, 3.05) is 0 Å². The molecule has 2 aromatic rings. The Bertz CT molecular complexity index is 865. The van der Waals surface area contributed by atoms with E-state index in [2.05, 4.69) is 58.0 Å². The van der Waals surface area contributed by atoms with Crippen LogP contribution >= 0.6 is 0 Å². The predicted octanol–water partition coefficient (Wildman–Crippen LogP) is 6.66. The minimum atomic E-state index is 0.0545. The van der Waals surface area contributed by atoms with Gasteiger partial charge in [0, 0.05) is 0 Å². The molecule has 0 amide bonds. The zero-order valence-corrected chi connectivity index (χ0v) is 18.0. The number of aliphatic imine (C=N–C) groups is 2. The molecule has 1 aromatic carbocycles. The maximum Gasteiger partial charge on any atom is 0.0849 e. The summed E-state index contributed by atoms with van der Waals surface area (Å²) in [4.78, 5) is 14.7. The highest BCUT2D eigenvalue weighted by molar-refractivity contribution is 6.01. The van der Waals surface area contributed by atoms with Crippen LogP contribution in [0.4, 0.5) is 5.69 Å². The first-order valence-electron chi connectivity index (χ1n) is 10.5. The van der Waals surface area contributed by atoms with Gasteiger partial charge in [-0.1, -0.05) is 64.3 Å². The molecule has 0 saturated heterocycles. The van der Waals surface area contributed by atoms with Crippen LogP contribution in [-0.2, 0) is 5.41 Å². The molecule has 148 valence electrons. The van der Waals surface area contributed by atoms with Gasteiger partial charge in [-0.3, -0.25) is 9.98 Å². The Labute approximate surface area is 170 Å². The molecule has 3 rings (SSSR count). The van der Waals surface area contributed by atoms with Gasteiger partial charge in [0.05, 0.1) is 34.5 Å². The number of pyridine rings is 1. The molecule has 0 N–H and O–H groups in total. The third-order valence-corrected chi connectivity index (χ3v) is 5.44. The van der Waals surface area contributed by atoms with Gasteiger partial charge in [0.2, 0.25) is 0 Å². The van der Waals surface area contributed by atoms with Crippen molar-refractivity contribution >= 4 is 17.1 Å². The summed E-state index contributed by atoms with van der Waals surface area (Å²) in [7, 11) is 0. The molecule has 0 unspecified atom stereocenters. The normalized spacial score (nSPS) is 17.0. The topological polar surface area (TPSA) is 37.6 Å². The third kappa shape index (κ3) is 5.15. The van der Waals surface area contributed by atoms with E-state index in [0.717, 1.165) is 28.5 Å². The molecule has 1 heterocycles. The van der Waals surface area contributed by atoms with Crippen LogP contribution < -0.4 is 0 Å². The summed E-state index contributed by atoms with van der Waals surface area (Å²) < 4.78 is 0. The second-order valence-electron chi connectivity index (χ2n) is 8.88. The highest BCUT2D eigenvalue weighted by atomic mass is 14.9. The molecule has 0 bridgehead atoms. The Hall–Kier alpha value is -2.29. The monoisotopic (exact) mass is 375 g/mol. The zero-order valence-electron chi connectivity index (χ0n) is 18.0. The van der Waals surface area contributed by atoms with Crippen LogP contribution in [0.25, 0.3) is 0 Å². The lowest BCUT2D eigenvalue weighted by Gasteiger charge is -2.21. The van der Waals surface area contributed by atoms with Gasteiger partial charge in [0.1, 0.15) is 0 Å². The summed E-state index contributed by atoms with van der Waals surface area (Å²) in [5, 5.41) is 0. The van der Waals surface area contributed by atoms with Crippen LogP contribution in [0.3, 0.4) is 0 Å². The van der Waals surface area contributed by atoms with Gasteiger partial charge in [0.15, 0.2) is 0 Å². The summed E-state index contributed by atoms with van der Waals surface area (Å²) in [6.07, 6.45) is 6.37. The second kappa shape index (κ2) is 8.81. The van der Waals surface area contributed by atoms with Crippen molar-refractivity contribution in [3.63, 3.8) is 0 Å². The number of rotatable bonds is 4. The molecule has 1 aromatic heterocycles. The maximum atomic E-state index is 4.95. The number of aromatic nitrogens is 1. The molecular weight excluding hydrogens is 342 g/mol. The van der Waals surface area contributed by atoms with E-state index in [1.165, 1.54) is 37.7 Å². The molecular formula is C25H33N3. The SMILES string of the molecule is CC(=Nc1ccccc1C(C)(C)C)c1cccc(C(C)=NC2CCCCC2)n1. The fraction of sp³-hybridized carbons (Fsp3) is 0.480. The highest BCUT2D eigenvalue weighted by Crippen LogP contribution is 2.31. The van der Waals surface area contributed by atoms with Crippen LogP contribution in [0.5, 0.6) is 0 Å². The van der Waals surface area contributed by atoms with E-state index in [-0.39, 0.29) is 5.41 Å². The fourth-order valence-electron chi connectivity index (χ4n) is 3.83. The number of hydrogen-bond donors (Lipinski definition) is 0. The minimum absolute atomic E-state index is 0.0545. The fourth-order valence-corrected chi connectivity index (χ4v) is 3.83. The van der Waals surface area contributed by atoms with Gasteiger partial charge in [-0.05, 0) is 55.9 Å². The van der Waals surface area contributed by atoms with E-state index in [9.17, 15) is 0 Å². The summed E-state index contributed by atoms with van der Waals surface area (Å²) in [6, 6.07) is 15.0. The van der Waals surface area contributed by atoms with Crippen molar-refractivity contribution in [3.05, 3.63) is 59.4 Å². The Kier molecular flexibility index (Phi) is 6.43. The van der Waals surface area contributed by atoms with Crippen LogP contribution in [0.2, 0.25) is 0 Å². The van der Waals surface area contributed by atoms with Crippen molar-refractivity contribution in [1.82, 2.24) is 4.98 Å². The number of hydrogen-bond acceptors (Lipinski definition) is 3. The van der Waals surface area contributed by atoms with E-state index in [1.807, 2.05) is 19.1 Å². The van der Waals surface area contributed by atoms with Gasteiger partial charge < -0.3 is 0 Å². The lowest BCUT2D eigenvalue weighted by atomic mass is 9.86. The van der Waals surface area contributed by atoms with Gasteiger partial charge in [-0.2, -0.15) is 0 Å². The molecule has 3 heteroatoms. The first kappa shape index (κ1) is 20.4. The standard InChI is InChI=1S/C25H33N3/c1-18(26-20-12-7-6-8-13-20)22-16-11-17-23(28-22)19(2)27-24-15-10-9-14-21(24)25(3,4)5/h9-11,14-17,20H,6-8,12-13H2,1-5H3. The van der Waals surface area contributed by atoms with E-state index in [4.69, 9.17) is 15.0 Å². The minimum Gasteiger partial charge on any atom is -0.284 e. The first-order chi connectivity index (χ1) is 13.3. The first-order valence-corrected chi connectivity index (χ1v) is 10.5. The Morgan fingerprint density at radius 3 is 2.18 bits per heavy atom. The molecule has 0 aliphatic heterocycles. The lowest BCUT2D eigenvalue weighted by Crippen LogP contribution is -2.13. The number of para-hydroxylation sites is 1. The zero-order chi connectivity index (χ0) is 20.1. The number of nitrogens with zero attached hydrogens (tertiary/aromatic N) is 3. The van der Waals surface area contributed by atoms with Crippen LogP contribution in [0, 0.1) is 0 Å². The van der Waals surface area contributed by atoms with Crippen molar-refractivity contribution in [3.8, 4) is 0 Å². The van der Waals surface area contributed by atoms with E-state index in [0.29, 0.717) is 6.04 Å². The average Bonchev–Trinajstić information content (AvgIpc) is 2.68. The van der Waals surface area contributed by atoms with Crippen LogP contribution in [-0.4, -0.2) is 22.4 Å². The van der Waals surface area contributed by atoms with Gasteiger partial charge >= 0.3 is 0 Å². The Morgan fingerprint density at radius 1 is 0.857 bits per heavy atom. The molecule has 0 spiro atoms. The second-order valence-corrected chi connectivity index (χ2v) is 8.88. The van der Waals surface area contributed by atoms with Crippen LogP contribution in [0.15, 0.2) is 52.4 Å². The lowest BCUT2D eigenvalue weighted by molar-refractivity contribution is 0.443. The Balaban J connectivity index is 1.88. The summed E-state index contributed by atoms with van der Waals surface area (Å²) in [5.74, 6) is 0. The molecule has 0 radical (unpaired) electrons. The smallest absolute Gasteiger partial charge is 0.0849 e.